The molecule has 0 radical (unpaired) electrons. The number of aliphatic carboxylic acids is 1. The molecule has 0 aliphatic heterocycles. The van der Waals surface area contributed by atoms with E-state index in [9.17, 15) is 49.2 Å². The number of nitrogens with one attached hydrogen (secondary N) is 5. The van der Waals surface area contributed by atoms with Gasteiger partial charge in [0.2, 0.25) is 29.5 Å². The number of unbranched alkanes of at least 4 members (excludes halogenated alkanes) is 14. The van der Waals surface area contributed by atoms with Crippen molar-refractivity contribution in [3.8, 4) is 0 Å². The Labute approximate surface area is 327 Å². The van der Waals surface area contributed by atoms with Gasteiger partial charge in [0.1, 0.15) is 30.2 Å². The predicted octanol–water partition coefficient (Wildman–Crippen LogP) is 0.600. The maximum Gasteiger partial charge on any atom is 0.328 e. The van der Waals surface area contributed by atoms with Gasteiger partial charge in [0, 0.05) is 6.42 Å². The Morgan fingerprint density at radius 1 is 0.509 bits per heavy atom. The number of aliphatic hydroxyl groups is 3. The molecule has 0 aromatic heterocycles. The van der Waals surface area contributed by atoms with Crippen LogP contribution in [0, 0.1) is 0 Å². The summed E-state index contributed by atoms with van der Waals surface area (Å²) in [5.41, 5.74) is 11.1. The van der Waals surface area contributed by atoms with Crippen molar-refractivity contribution in [1.82, 2.24) is 26.6 Å². The molecule has 0 aromatic rings. The van der Waals surface area contributed by atoms with Gasteiger partial charge in [-0.05, 0) is 65.0 Å². The maximum atomic E-state index is 13.4. The lowest BCUT2D eigenvalue weighted by Gasteiger charge is -2.27. The summed E-state index contributed by atoms with van der Waals surface area (Å²) in [5.74, 6) is -5.48. The molecule has 55 heavy (non-hydrogen) atoms. The van der Waals surface area contributed by atoms with Gasteiger partial charge in [0.25, 0.3) is 0 Å². The fourth-order valence-corrected chi connectivity index (χ4v) is 5.94. The number of rotatable bonds is 35. The summed E-state index contributed by atoms with van der Waals surface area (Å²) >= 11 is 0. The first kappa shape index (κ1) is 51.6. The van der Waals surface area contributed by atoms with E-state index in [4.69, 9.17) is 11.5 Å². The molecule has 0 saturated heterocycles. The highest BCUT2D eigenvalue weighted by Crippen LogP contribution is 2.13. The first-order valence-electron chi connectivity index (χ1n) is 20.4. The van der Waals surface area contributed by atoms with Gasteiger partial charge in [-0.15, -0.1) is 0 Å². The summed E-state index contributed by atoms with van der Waals surface area (Å²) in [6.07, 6.45) is 16.2. The summed E-state index contributed by atoms with van der Waals surface area (Å²) in [4.78, 5) is 76.7. The normalized spacial score (nSPS) is 14.5. The zero-order chi connectivity index (χ0) is 41.4. The minimum Gasteiger partial charge on any atom is -0.480 e. The summed E-state index contributed by atoms with van der Waals surface area (Å²) in [6, 6.07) is -7.18. The molecular formula is C38H73N7O10. The first-order chi connectivity index (χ1) is 26.4. The lowest BCUT2D eigenvalue weighted by atomic mass is 10.0. The largest absolute Gasteiger partial charge is 0.480 e. The predicted molar refractivity (Wildman–Crippen MR) is 209 cm³/mol. The van der Waals surface area contributed by atoms with Crippen LogP contribution in [0.5, 0.6) is 0 Å². The quantitative estimate of drug-likeness (QED) is 0.0394. The van der Waals surface area contributed by atoms with Crippen molar-refractivity contribution in [2.24, 2.45) is 11.5 Å². The van der Waals surface area contributed by atoms with Gasteiger partial charge >= 0.3 is 5.97 Å². The van der Waals surface area contributed by atoms with Crippen molar-refractivity contribution in [3.05, 3.63) is 0 Å². The molecule has 0 saturated carbocycles. The van der Waals surface area contributed by atoms with E-state index in [2.05, 4.69) is 33.5 Å². The molecule has 17 heteroatoms. The van der Waals surface area contributed by atoms with Crippen LogP contribution in [0.25, 0.3) is 0 Å². The first-order valence-corrected chi connectivity index (χ1v) is 20.4. The molecule has 13 N–H and O–H groups in total. The number of carboxylic acids is 1. The zero-order valence-corrected chi connectivity index (χ0v) is 33.3. The number of aliphatic hydroxyl groups excluding tert-OH is 3. The highest BCUT2D eigenvalue weighted by molar-refractivity contribution is 5.96. The molecule has 0 unspecified atom stereocenters. The fourth-order valence-electron chi connectivity index (χ4n) is 5.94. The maximum absolute atomic E-state index is 13.4. The zero-order valence-electron chi connectivity index (χ0n) is 33.3. The average molecular weight is 788 g/mol. The molecule has 0 aliphatic carbocycles. The molecule has 0 fully saturated rings. The van der Waals surface area contributed by atoms with Gasteiger partial charge in [-0.3, -0.25) is 24.0 Å². The van der Waals surface area contributed by atoms with Gasteiger partial charge < -0.3 is 58.5 Å². The Kier molecular flexibility index (Phi) is 30.8. The minimum absolute atomic E-state index is 0.0294. The second kappa shape index (κ2) is 32.8. The molecule has 5 amide bonds. The highest BCUT2D eigenvalue weighted by Gasteiger charge is 2.33. The van der Waals surface area contributed by atoms with Crippen molar-refractivity contribution in [1.29, 1.82) is 0 Å². The molecule has 0 spiro atoms. The van der Waals surface area contributed by atoms with E-state index >= 15 is 0 Å². The van der Waals surface area contributed by atoms with Gasteiger partial charge in [-0.25, -0.2) is 4.79 Å². The smallest absolute Gasteiger partial charge is 0.328 e. The van der Waals surface area contributed by atoms with E-state index in [0.29, 0.717) is 38.6 Å². The van der Waals surface area contributed by atoms with Gasteiger partial charge in [0.15, 0.2) is 0 Å². The summed E-state index contributed by atoms with van der Waals surface area (Å²) in [7, 11) is 0. The Bertz CT molecular complexity index is 1100. The Morgan fingerprint density at radius 2 is 0.909 bits per heavy atom. The second-order valence-electron chi connectivity index (χ2n) is 14.3. The summed E-state index contributed by atoms with van der Waals surface area (Å²) < 4.78 is 0. The molecule has 6 atom stereocenters. The molecule has 0 aliphatic rings. The number of carbonyl (C=O) groups is 6. The lowest BCUT2D eigenvalue weighted by molar-refractivity contribution is -0.143. The number of carbonyl (C=O) groups excluding carboxylic acids is 5. The second-order valence-corrected chi connectivity index (χ2v) is 14.3. The van der Waals surface area contributed by atoms with Crippen molar-refractivity contribution in [2.45, 2.75) is 179 Å². The third-order valence-electron chi connectivity index (χ3n) is 9.36. The van der Waals surface area contributed by atoms with E-state index < -0.39 is 79.1 Å². The van der Waals surface area contributed by atoms with Crippen molar-refractivity contribution in [2.75, 3.05) is 26.3 Å². The Hall–Kier alpha value is -3.38. The van der Waals surface area contributed by atoms with Gasteiger partial charge in [-0.2, -0.15) is 0 Å². The molecule has 0 bridgehead atoms. The van der Waals surface area contributed by atoms with Gasteiger partial charge in [-0.1, -0.05) is 84.0 Å². The van der Waals surface area contributed by atoms with E-state index in [1.54, 1.807) is 0 Å². The number of hydrogen-bond acceptors (Lipinski definition) is 11. The topological polar surface area (TPSA) is 296 Å². The molecule has 17 nitrogen and oxygen atoms in total. The number of nitrogens with two attached hydrogens (primary N) is 2. The van der Waals surface area contributed by atoms with Crippen LogP contribution in [0.4, 0.5) is 0 Å². The van der Waals surface area contributed by atoms with Crippen molar-refractivity contribution in [3.63, 3.8) is 0 Å². The van der Waals surface area contributed by atoms with Crippen molar-refractivity contribution >= 4 is 35.5 Å². The van der Waals surface area contributed by atoms with Crippen LogP contribution < -0.4 is 38.1 Å². The third kappa shape index (κ3) is 24.7. The van der Waals surface area contributed by atoms with Crippen LogP contribution in [0.15, 0.2) is 0 Å². The Morgan fingerprint density at radius 3 is 1.35 bits per heavy atom. The Balaban J connectivity index is 5.25. The van der Waals surface area contributed by atoms with Crippen molar-refractivity contribution < 1.29 is 49.2 Å². The van der Waals surface area contributed by atoms with E-state index in [1.165, 1.54) is 64.7 Å². The van der Waals surface area contributed by atoms with Crippen LogP contribution in [0.1, 0.15) is 142 Å². The molecule has 0 rings (SSSR count). The number of amides is 5. The van der Waals surface area contributed by atoms with Crippen LogP contribution in [0.2, 0.25) is 0 Å². The molecular weight excluding hydrogens is 714 g/mol. The molecule has 0 heterocycles. The summed E-state index contributed by atoms with van der Waals surface area (Å²) in [6.45, 7) is 2.30. The van der Waals surface area contributed by atoms with Gasteiger partial charge in [0.05, 0.1) is 19.3 Å². The third-order valence-corrected chi connectivity index (χ3v) is 9.36. The lowest BCUT2D eigenvalue weighted by Crippen LogP contribution is -2.61. The summed E-state index contributed by atoms with van der Waals surface area (Å²) in [5, 5.41) is 50.8. The molecule has 0 aromatic carbocycles. The average Bonchev–Trinajstić information content (AvgIpc) is 3.15. The fraction of sp³-hybridized carbons (Fsp3) is 0.842. The van der Waals surface area contributed by atoms with E-state index in [0.717, 1.165) is 19.3 Å². The highest BCUT2D eigenvalue weighted by atomic mass is 16.4. The van der Waals surface area contributed by atoms with Crippen LogP contribution in [-0.2, 0) is 28.8 Å². The number of carboxylic acid groups (broad SMARTS) is 1. The van der Waals surface area contributed by atoms with Crippen LogP contribution >= 0.6 is 0 Å². The molecule has 320 valence electrons. The monoisotopic (exact) mass is 788 g/mol. The number of hydrogen-bond donors (Lipinski definition) is 11. The van der Waals surface area contributed by atoms with E-state index in [1.807, 2.05) is 0 Å². The standard InChI is InChI=1S/C38H73N7O10/c1-3-4-5-6-7-8-9-10-11-12-13-14-15-22-32(49)41-28(20-16-18-23-39)35(51)45-33(27(2)48)37(53)43-30(25-46)36(52)42-29(21-17-19-24-40)34(50)44-31(26-47)38(54)55/h27-31,33,46-48H,3-26,39-40H2,1-2H3,(H,41,49)(H,42,52)(H,43,53)(H,44,50)(H,45,51)(H,54,55)/t27-,28+,29+,30+,31+,33+/m1/s1. The SMILES string of the molecule is CCCCCCCCCCCCCCCC(=O)N[C@@H](CCCCN)C(=O)N[C@H](C(=O)N[C@@H](CO)C(=O)N[C@@H](CCCCN)C(=O)N[C@@H](CO)C(=O)O)[C@@H](C)O. The van der Waals surface area contributed by atoms with E-state index in [-0.39, 0.29) is 31.7 Å². The minimum atomic E-state index is -1.64. The van der Waals surface area contributed by atoms with Crippen LogP contribution in [0.3, 0.4) is 0 Å². The van der Waals surface area contributed by atoms with Crippen LogP contribution in [-0.4, -0.2) is 119 Å².